The van der Waals surface area contributed by atoms with E-state index < -0.39 is 0 Å². The third-order valence-electron chi connectivity index (χ3n) is 3.74. The molecule has 3 aromatic rings. The molecule has 1 aromatic carbocycles. The number of rotatable bonds is 1. The summed E-state index contributed by atoms with van der Waals surface area (Å²) in [5.74, 6) is 0. The summed E-state index contributed by atoms with van der Waals surface area (Å²) in [7, 11) is 0. The van der Waals surface area contributed by atoms with Crippen LogP contribution in [-0.2, 0) is 12.8 Å². The lowest BCUT2D eigenvalue weighted by molar-refractivity contribution is 0.539. The molecular formula is C14H11ClN4. The Bertz CT molecular complexity index is 740. The molecule has 0 bridgehead atoms. The summed E-state index contributed by atoms with van der Waals surface area (Å²) >= 11 is 6.04. The summed E-state index contributed by atoms with van der Waals surface area (Å²) in [4.78, 5) is 12.6. The molecule has 0 N–H and O–H groups in total. The zero-order chi connectivity index (χ0) is 12.8. The lowest BCUT2D eigenvalue weighted by atomic mass is 10.1. The van der Waals surface area contributed by atoms with Crippen molar-refractivity contribution in [2.75, 3.05) is 0 Å². The van der Waals surface area contributed by atoms with Crippen LogP contribution in [0.25, 0.3) is 11.2 Å². The molecule has 19 heavy (non-hydrogen) atoms. The van der Waals surface area contributed by atoms with Gasteiger partial charge in [0.05, 0.1) is 6.33 Å². The van der Waals surface area contributed by atoms with E-state index in [0.717, 1.165) is 18.5 Å². The zero-order valence-electron chi connectivity index (χ0n) is 10.1. The highest BCUT2D eigenvalue weighted by Gasteiger charge is 2.24. The van der Waals surface area contributed by atoms with Gasteiger partial charge < -0.3 is 4.57 Å². The van der Waals surface area contributed by atoms with Gasteiger partial charge in [0, 0.05) is 6.04 Å². The number of aromatic nitrogens is 4. The topological polar surface area (TPSA) is 43.6 Å². The first-order valence-electron chi connectivity index (χ1n) is 6.23. The van der Waals surface area contributed by atoms with Crippen LogP contribution in [-0.4, -0.2) is 19.5 Å². The number of benzene rings is 1. The molecule has 4 rings (SSSR count). The van der Waals surface area contributed by atoms with Crippen molar-refractivity contribution in [2.45, 2.75) is 18.9 Å². The van der Waals surface area contributed by atoms with Crippen LogP contribution in [0, 0.1) is 0 Å². The average molecular weight is 271 g/mol. The highest BCUT2D eigenvalue weighted by Crippen LogP contribution is 2.32. The maximum absolute atomic E-state index is 6.04. The standard InChI is InChI=1S/C14H11ClN4/c15-13-12-14(17-7-16-13)19(8-18-12)11-5-9-3-1-2-4-10(9)6-11/h1-4,7-8,11H,5-6H2. The normalized spacial score (nSPS) is 15.0. The first-order chi connectivity index (χ1) is 9.33. The van der Waals surface area contributed by atoms with Gasteiger partial charge in [0.25, 0.3) is 0 Å². The van der Waals surface area contributed by atoms with Crippen LogP contribution in [0.3, 0.4) is 0 Å². The number of hydrogen-bond donors (Lipinski definition) is 0. The predicted molar refractivity (Wildman–Crippen MR) is 73.2 cm³/mol. The molecule has 5 heteroatoms. The summed E-state index contributed by atoms with van der Waals surface area (Å²) in [6.45, 7) is 0. The molecule has 2 aromatic heterocycles. The SMILES string of the molecule is Clc1ncnc2c1ncn2C1Cc2ccccc2C1. The first-order valence-corrected chi connectivity index (χ1v) is 6.60. The third-order valence-corrected chi connectivity index (χ3v) is 4.01. The fraction of sp³-hybridized carbons (Fsp3) is 0.214. The Morgan fingerprint density at radius 3 is 2.53 bits per heavy atom. The van der Waals surface area contributed by atoms with Gasteiger partial charge in [0.2, 0.25) is 0 Å². The van der Waals surface area contributed by atoms with Gasteiger partial charge in [-0.25, -0.2) is 15.0 Å². The van der Waals surface area contributed by atoms with E-state index in [1.54, 1.807) is 0 Å². The van der Waals surface area contributed by atoms with E-state index in [0.29, 0.717) is 16.7 Å². The lowest BCUT2D eigenvalue weighted by Gasteiger charge is -2.11. The van der Waals surface area contributed by atoms with Crippen LogP contribution in [0.1, 0.15) is 17.2 Å². The fourth-order valence-electron chi connectivity index (χ4n) is 2.82. The predicted octanol–water partition coefficient (Wildman–Crippen LogP) is 2.82. The summed E-state index contributed by atoms with van der Waals surface area (Å²) in [5.41, 5.74) is 4.32. The van der Waals surface area contributed by atoms with E-state index in [2.05, 4.69) is 43.8 Å². The van der Waals surface area contributed by atoms with E-state index in [-0.39, 0.29) is 0 Å². The molecule has 0 atom stereocenters. The Morgan fingerprint density at radius 2 is 1.79 bits per heavy atom. The van der Waals surface area contributed by atoms with Crippen molar-refractivity contribution in [1.29, 1.82) is 0 Å². The highest BCUT2D eigenvalue weighted by molar-refractivity contribution is 6.33. The molecule has 0 spiro atoms. The van der Waals surface area contributed by atoms with Crippen LogP contribution >= 0.6 is 11.6 Å². The largest absolute Gasteiger partial charge is 0.311 e. The molecule has 0 amide bonds. The van der Waals surface area contributed by atoms with Crippen molar-refractivity contribution in [2.24, 2.45) is 0 Å². The van der Waals surface area contributed by atoms with Gasteiger partial charge in [0.1, 0.15) is 11.8 Å². The average Bonchev–Trinajstić information content (AvgIpc) is 3.02. The number of imidazole rings is 1. The van der Waals surface area contributed by atoms with Gasteiger partial charge in [-0.05, 0) is 24.0 Å². The molecule has 0 fully saturated rings. The van der Waals surface area contributed by atoms with Crippen molar-refractivity contribution in [1.82, 2.24) is 19.5 Å². The molecule has 0 aliphatic heterocycles. The monoisotopic (exact) mass is 270 g/mol. The Labute approximate surface area is 115 Å². The van der Waals surface area contributed by atoms with Gasteiger partial charge >= 0.3 is 0 Å². The van der Waals surface area contributed by atoms with E-state index >= 15 is 0 Å². The second-order valence-corrected chi connectivity index (χ2v) is 5.18. The summed E-state index contributed by atoms with van der Waals surface area (Å²) in [6.07, 6.45) is 5.35. The molecule has 94 valence electrons. The minimum Gasteiger partial charge on any atom is -0.311 e. The van der Waals surface area contributed by atoms with E-state index in [1.165, 1.54) is 17.5 Å². The van der Waals surface area contributed by atoms with Crippen LogP contribution < -0.4 is 0 Å². The Kier molecular flexibility index (Phi) is 2.32. The molecule has 0 unspecified atom stereocenters. The first kappa shape index (κ1) is 10.9. The summed E-state index contributed by atoms with van der Waals surface area (Å²) in [6, 6.07) is 8.93. The van der Waals surface area contributed by atoms with Crippen LogP contribution in [0.2, 0.25) is 5.15 Å². The van der Waals surface area contributed by atoms with E-state index in [9.17, 15) is 0 Å². The van der Waals surface area contributed by atoms with Gasteiger partial charge in [-0.3, -0.25) is 0 Å². The Hall–Kier alpha value is -1.94. The molecule has 1 aliphatic carbocycles. The van der Waals surface area contributed by atoms with Crippen molar-refractivity contribution < 1.29 is 0 Å². The molecular weight excluding hydrogens is 260 g/mol. The number of halogens is 1. The van der Waals surface area contributed by atoms with E-state index in [1.807, 2.05) is 6.33 Å². The van der Waals surface area contributed by atoms with Crippen molar-refractivity contribution in [3.63, 3.8) is 0 Å². The second-order valence-electron chi connectivity index (χ2n) is 4.82. The molecule has 4 nitrogen and oxygen atoms in total. The molecule has 0 saturated heterocycles. The molecule has 0 radical (unpaired) electrons. The zero-order valence-corrected chi connectivity index (χ0v) is 10.9. The number of hydrogen-bond acceptors (Lipinski definition) is 3. The maximum atomic E-state index is 6.04. The second kappa shape index (κ2) is 4.03. The van der Waals surface area contributed by atoms with Crippen molar-refractivity contribution in [3.05, 3.63) is 53.2 Å². The van der Waals surface area contributed by atoms with Crippen molar-refractivity contribution in [3.8, 4) is 0 Å². The minimum atomic E-state index is 0.369. The number of nitrogens with zero attached hydrogens (tertiary/aromatic N) is 4. The van der Waals surface area contributed by atoms with Crippen LogP contribution in [0.15, 0.2) is 36.9 Å². The fourth-order valence-corrected chi connectivity index (χ4v) is 3.00. The quantitative estimate of drug-likeness (QED) is 0.639. The molecule has 0 saturated carbocycles. The van der Waals surface area contributed by atoms with Gasteiger partial charge in [0.15, 0.2) is 10.8 Å². The highest BCUT2D eigenvalue weighted by atomic mass is 35.5. The Morgan fingerprint density at radius 1 is 1.05 bits per heavy atom. The van der Waals surface area contributed by atoms with E-state index in [4.69, 9.17) is 11.6 Å². The van der Waals surface area contributed by atoms with Gasteiger partial charge in [-0.1, -0.05) is 35.9 Å². The summed E-state index contributed by atoms with van der Waals surface area (Å²) < 4.78 is 2.11. The maximum Gasteiger partial charge on any atom is 0.165 e. The smallest absolute Gasteiger partial charge is 0.165 e. The van der Waals surface area contributed by atoms with Gasteiger partial charge in [-0.2, -0.15) is 0 Å². The van der Waals surface area contributed by atoms with Crippen molar-refractivity contribution >= 4 is 22.8 Å². The Balaban J connectivity index is 1.80. The lowest BCUT2D eigenvalue weighted by Crippen LogP contribution is -2.08. The third kappa shape index (κ3) is 1.64. The minimum absolute atomic E-state index is 0.369. The van der Waals surface area contributed by atoms with Gasteiger partial charge in [-0.15, -0.1) is 0 Å². The number of fused-ring (bicyclic) bond motifs is 2. The van der Waals surface area contributed by atoms with Crippen LogP contribution in [0.5, 0.6) is 0 Å². The summed E-state index contributed by atoms with van der Waals surface area (Å²) in [5, 5.41) is 0.416. The molecule has 2 heterocycles. The van der Waals surface area contributed by atoms with Crippen LogP contribution in [0.4, 0.5) is 0 Å². The molecule has 1 aliphatic rings.